The predicted molar refractivity (Wildman–Crippen MR) is 164 cm³/mol. The first kappa shape index (κ1) is 21.0. The average molecular weight is 508 g/mol. The zero-order chi connectivity index (χ0) is 24.3. The second-order valence-corrected chi connectivity index (χ2v) is 11.5. The van der Waals surface area contributed by atoms with E-state index in [4.69, 9.17) is 0 Å². The number of para-hydroxylation sites is 1. The minimum atomic E-state index is 1.16. The van der Waals surface area contributed by atoms with Gasteiger partial charge in [-0.2, -0.15) is 0 Å². The SMILES string of the molecule is c1ccc(N(c2ccc3sc4c5ccccc5ccc4c3c2)c2cccc3c2sc2ccccc23)cc1. The van der Waals surface area contributed by atoms with Crippen molar-refractivity contribution < 1.29 is 0 Å². The second-order valence-electron chi connectivity index (χ2n) is 9.37. The Hall–Kier alpha value is -4.18. The molecule has 0 radical (unpaired) electrons. The Bertz CT molecular complexity index is 2100. The second kappa shape index (κ2) is 8.17. The van der Waals surface area contributed by atoms with Crippen LogP contribution in [0.25, 0.3) is 51.1 Å². The van der Waals surface area contributed by atoms with E-state index in [-0.39, 0.29) is 0 Å². The van der Waals surface area contributed by atoms with Crippen LogP contribution in [0.4, 0.5) is 17.1 Å². The molecular formula is C34H21NS2. The molecule has 37 heavy (non-hydrogen) atoms. The van der Waals surface area contributed by atoms with Crippen LogP contribution >= 0.6 is 22.7 Å². The van der Waals surface area contributed by atoms with Gasteiger partial charge in [0.15, 0.2) is 0 Å². The van der Waals surface area contributed by atoms with Gasteiger partial charge in [-0.1, -0.05) is 84.9 Å². The van der Waals surface area contributed by atoms with Gasteiger partial charge in [0, 0.05) is 47.0 Å². The molecule has 0 aliphatic carbocycles. The van der Waals surface area contributed by atoms with Gasteiger partial charge in [-0.25, -0.2) is 0 Å². The minimum Gasteiger partial charge on any atom is -0.309 e. The van der Waals surface area contributed by atoms with Crippen LogP contribution in [-0.2, 0) is 0 Å². The number of benzene rings is 6. The third-order valence-electron chi connectivity index (χ3n) is 7.24. The van der Waals surface area contributed by atoms with Crippen LogP contribution < -0.4 is 4.90 Å². The van der Waals surface area contributed by atoms with Crippen molar-refractivity contribution in [1.29, 1.82) is 0 Å². The molecule has 0 aliphatic heterocycles. The topological polar surface area (TPSA) is 3.24 Å². The fraction of sp³-hybridized carbons (Fsp3) is 0. The summed E-state index contributed by atoms with van der Waals surface area (Å²) in [5.74, 6) is 0. The first-order valence-corrected chi connectivity index (χ1v) is 14.1. The van der Waals surface area contributed by atoms with Crippen LogP contribution in [0.15, 0.2) is 127 Å². The highest BCUT2D eigenvalue weighted by atomic mass is 32.1. The van der Waals surface area contributed by atoms with E-state index in [9.17, 15) is 0 Å². The Morgan fingerprint density at radius 3 is 2.03 bits per heavy atom. The van der Waals surface area contributed by atoms with Crippen molar-refractivity contribution in [2.45, 2.75) is 0 Å². The van der Waals surface area contributed by atoms with Crippen LogP contribution in [0, 0.1) is 0 Å². The average Bonchev–Trinajstić information content (AvgIpc) is 3.53. The van der Waals surface area contributed by atoms with Crippen LogP contribution in [0.2, 0.25) is 0 Å². The van der Waals surface area contributed by atoms with Crippen molar-refractivity contribution in [2.24, 2.45) is 0 Å². The van der Waals surface area contributed by atoms with Gasteiger partial charge in [-0.15, -0.1) is 22.7 Å². The molecule has 3 heteroatoms. The molecule has 174 valence electrons. The number of rotatable bonds is 3. The molecule has 8 rings (SSSR count). The molecule has 2 heterocycles. The molecule has 1 nitrogen and oxygen atoms in total. The summed E-state index contributed by atoms with van der Waals surface area (Å²) in [7, 11) is 0. The molecule has 0 N–H and O–H groups in total. The Kier molecular flexibility index (Phi) is 4.63. The van der Waals surface area contributed by atoms with E-state index >= 15 is 0 Å². The van der Waals surface area contributed by atoms with E-state index in [1.54, 1.807) is 0 Å². The molecule has 2 aromatic heterocycles. The standard InChI is InChI=1S/C34H21NS2/c1-2-10-23(11-3-1)35(30-15-8-14-27-26-13-6-7-16-31(26)37-34(27)30)24-18-20-32-29(21-24)28-19-17-22-9-4-5-12-25(22)33(28)36-32/h1-21H. The van der Waals surface area contributed by atoms with Crippen molar-refractivity contribution >= 4 is 90.9 Å². The zero-order valence-electron chi connectivity index (χ0n) is 19.9. The number of hydrogen-bond donors (Lipinski definition) is 0. The van der Waals surface area contributed by atoms with Crippen molar-refractivity contribution in [3.8, 4) is 0 Å². The lowest BCUT2D eigenvalue weighted by atomic mass is 10.1. The van der Waals surface area contributed by atoms with Crippen molar-refractivity contribution in [1.82, 2.24) is 0 Å². The van der Waals surface area contributed by atoms with Gasteiger partial charge in [0.2, 0.25) is 0 Å². The molecule has 6 aromatic carbocycles. The van der Waals surface area contributed by atoms with Gasteiger partial charge in [-0.05, 0) is 53.2 Å². The van der Waals surface area contributed by atoms with Gasteiger partial charge >= 0.3 is 0 Å². The Balaban J connectivity index is 1.41. The third kappa shape index (κ3) is 3.21. The summed E-state index contributed by atoms with van der Waals surface area (Å²) in [6, 6.07) is 46.4. The van der Waals surface area contributed by atoms with Crippen LogP contribution in [0.3, 0.4) is 0 Å². The summed E-state index contributed by atoms with van der Waals surface area (Å²) in [6.45, 7) is 0. The van der Waals surface area contributed by atoms with E-state index < -0.39 is 0 Å². The summed E-state index contributed by atoms with van der Waals surface area (Å²) < 4.78 is 5.32. The highest BCUT2D eigenvalue weighted by molar-refractivity contribution is 7.27. The van der Waals surface area contributed by atoms with E-state index in [1.807, 2.05) is 22.7 Å². The van der Waals surface area contributed by atoms with Crippen LogP contribution in [-0.4, -0.2) is 0 Å². The molecule has 0 saturated heterocycles. The van der Waals surface area contributed by atoms with Crippen molar-refractivity contribution in [3.63, 3.8) is 0 Å². The number of hydrogen-bond acceptors (Lipinski definition) is 3. The first-order valence-electron chi connectivity index (χ1n) is 12.4. The number of anilines is 3. The number of thiophene rings is 2. The molecule has 0 aliphatic rings. The van der Waals surface area contributed by atoms with Gasteiger partial charge in [0.05, 0.1) is 10.4 Å². The normalized spacial score (nSPS) is 11.8. The monoisotopic (exact) mass is 507 g/mol. The Morgan fingerprint density at radius 1 is 0.405 bits per heavy atom. The maximum absolute atomic E-state index is 2.42. The molecular weight excluding hydrogens is 487 g/mol. The predicted octanol–water partition coefficient (Wildman–Crippen LogP) is 11.0. The maximum Gasteiger partial charge on any atom is 0.0640 e. The van der Waals surface area contributed by atoms with Gasteiger partial charge in [-0.3, -0.25) is 0 Å². The summed E-state index contributed by atoms with van der Waals surface area (Å²) in [5, 5.41) is 7.90. The number of fused-ring (bicyclic) bond motifs is 8. The van der Waals surface area contributed by atoms with Crippen molar-refractivity contribution in [2.75, 3.05) is 4.90 Å². The highest BCUT2D eigenvalue weighted by Crippen LogP contribution is 2.46. The van der Waals surface area contributed by atoms with E-state index in [1.165, 1.54) is 62.5 Å². The van der Waals surface area contributed by atoms with Crippen molar-refractivity contribution in [3.05, 3.63) is 127 Å². The molecule has 0 fully saturated rings. The molecule has 0 amide bonds. The Labute approximate surface area is 222 Å². The minimum absolute atomic E-state index is 1.16. The quantitative estimate of drug-likeness (QED) is 0.230. The highest BCUT2D eigenvalue weighted by Gasteiger charge is 2.19. The van der Waals surface area contributed by atoms with Crippen LogP contribution in [0.5, 0.6) is 0 Å². The van der Waals surface area contributed by atoms with Gasteiger partial charge < -0.3 is 4.90 Å². The maximum atomic E-state index is 2.42. The van der Waals surface area contributed by atoms with E-state index in [0.717, 1.165) is 5.69 Å². The summed E-state index contributed by atoms with van der Waals surface area (Å²) in [6.07, 6.45) is 0. The molecule has 0 bridgehead atoms. The van der Waals surface area contributed by atoms with E-state index in [2.05, 4.69) is 132 Å². The molecule has 8 aromatic rings. The molecule has 0 saturated carbocycles. The molecule has 0 unspecified atom stereocenters. The lowest BCUT2D eigenvalue weighted by Crippen LogP contribution is -2.09. The Morgan fingerprint density at radius 2 is 1.11 bits per heavy atom. The summed E-state index contributed by atoms with van der Waals surface area (Å²) >= 11 is 3.77. The van der Waals surface area contributed by atoms with Crippen LogP contribution in [0.1, 0.15) is 0 Å². The summed E-state index contributed by atoms with van der Waals surface area (Å²) in [5.41, 5.74) is 3.56. The lowest BCUT2D eigenvalue weighted by Gasteiger charge is -2.26. The molecule has 0 atom stereocenters. The largest absolute Gasteiger partial charge is 0.309 e. The fourth-order valence-corrected chi connectivity index (χ4v) is 7.97. The van der Waals surface area contributed by atoms with E-state index in [0.29, 0.717) is 0 Å². The third-order valence-corrected chi connectivity index (χ3v) is 9.67. The molecule has 0 spiro atoms. The number of nitrogens with zero attached hydrogens (tertiary/aromatic N) is 1. The van der Waals surface area contributed by atoms with Gasteiger partial charge in [0.1, 0.15) is 0 Å². The van der Waals surface area contributed by atoms with Gasteiger partial charge in [0.25, 0.3) is 0 Å². The lowest BCUT2D eigenvalue weighted by molar-refractivity contribution is 1.31. The first-order chi connectivity index (χ1) is 18.3. The fourth-order valence-electron chi connectivity index (χ4n) is 5.54. The summed E-state index contributed by atoms with van der Waals surface area (Å²) in [4.78, 5) is 2.42. The smallest absolute Gasteiger partial charge is 0.0640 e. The zero-order valence-corrected chi connectivity index (χ0v) is 21.5.